The first kappa shape index (κ1) is 15.6. The van der Waals surface area contributed by atoms with Gasteiger partial charge in [0.1, 0.15) is 0 Å². The van der Waals surface area contributed by atoms with Crippen molar-refractivity contribution in [3.8, 4) is 0 Å². The second kappa shape index (κ2) is 5.30. The van der Waals surface area contributed by atoms with Crippen LogP contribution in [-0.4, -0.2) is 18.9 Å². The molecule has 0 radical (unpaired) electrons. The van der Waals surface area contributed by atoms with Gasteiger partial charge in [0, 0.05) is 13.0 Å². The predicted octanol–water partition coefficient (Wildman–Crippen LogP) is 3.89. The Balaban J connectivity index is 1.48. The molecule has 6 atom stereocenters. The largest absolute Gasteiger partial charge is 0.349 e. The lowest BCUT2D eigenvalue weighted by molar-refractivity contribution is -0.185. The van der Waals surface area contributed by atoms with E-state index in [0.717, 1.165) is 17.9 Å². The smallest absolute Gasteiger partial charge is 0.159 e. The van der Waals surface area contributed by atoms with Gasteiger partial charge in [-0.15, -0.1) is 0 Å². The SMILES string of the molecule is CC1(C)[C@@H]2CC[C@@]1(C)[C@H]1O[C@H](O[C@@H](CN)c3ccccc3)C[C@@H]21. The average molecular weight is 315 g/mol. The summed E-state index contributed by atoms with van der Waals surface area (Å²) in [6.07, 6.45) is 3.85. The highest BCUT2D eigenvalue weighted by Crippen LogP contribution is 2.71. The van der Waals surface area contributed by atoms with Crippen LogP contribution in [0.15, 0.2) is 30.3 Å². The van der Waals surface area contributed by atoms with Crippen LogP contribution in [0.3, 0.4) is 0 Å². The number of hydrogen-bond donors (Lipinski definition) is 1. The lowest BCUT2D eigenvalue weighted by Crippen LogP contribution is -2.38. The van der Waals surface area contributed by atoms with Crippen LogP contribution in [0.1, 0.15) is 51.7 Å². The Morgan fingerprint density at radius 3 is 2.65 bits per heavy atom. The molecule has 2 aliphatic carbocycles. The van der Waals surface area contributed by atoms with Crippen molar-refractivity contribution in [1.29, 1.82) is 0 Å². The van der Waals surface area contributed by atoms with Crippen LogP contribution in [0.25, 0.3) is 0 Å². The minimum Gasteiger partial charge on any atom is -0.349 e. The van der Waals surface area contributed by atoms with Gasteiger partial charge >= 0.3 is 0 Å². The van der Waals surface area contributed by atoms with E-state index in [0.29, 0.717) is 29.4 Å². The Labute approximate surface area is 139 Å². The van der Waals surface area contributed by atoms with E-state index in [1.54, 1.807) is 0 Å². The van der Waals surface area contributed by atoms with Gasteiger partial charge in [0.25, 0.3) is 0 Å². The number of hydrogen-bond acceptors (Lipinski definition) is 3. The summed E-state index contributed by atoms with van der Waals surface area (Å²) in [5.41, 5.74) is 7.78. The number of fused-ring (bicyclic) bond motifs is 5. The Morgan fingerprint density at radius 2 is 2.00 bits per heavy atom. The molecule has 2 saturated carbocycles. The molecule has 1 saturated heterocycles. The molecule has 1 aliphatic heterocycles. The maximum Gasteiger partial charge on any atom is 0.159 e. The molecule has 1 heterocycles. The second-order valence-corrected chi connectivity index (χ2v) is 8.44. The fourth-order valence-electron chi connectivity index (χ4n) is 5.69. The summed E-state index contributed by atoms with van der Waals surface area (Å²) in [4.78, 5) is 0. The maximum atomic E-state index is 6.43. The fourth-order valence-corrected chi connectivity index (χ4v) is 5.69. The second-order valence-electron chi connectivity index (χ2n) is 8.44. The van der Waals surface area contributed by atoms with Crippen LogP contribution >= 0.6 is 0 Å². The molecular formula is C20H29NO2. The molecular weight excluding hydrogens is 286 g/mol. The molecule has 3 fully saturated rings. The van der Waals surface area contributed by atoms with E-state index in [9.17, 15) is 0 Å². The van der Waals surface area contributed by atoms with Crippen LogP contribution in [0.4, 0.5) is 0 Å². The van der Waals surface area contributed by atoms with Gasteiger partial charge < -0.3 is 15.2 Å². The predicted molar refractivity (Wildman–Crippen MR) is 90.7 cm³/mol. The van der Waals surface area contributed by atoms with Crippen molar-refractivity contribution in [2.75, 3.05) is 6.54 Å². The zero-order valence-electron chi connectivity index (χ0n) is 14.5. The van der Waals surface area contributed by atoms with Crippen LogP contribution in [0, 0.1) is 22.7 Å². The first-order chi connectivity index (χ1) is 11.0. The Kier molecular flexibility index (Phi) is 3.60. The van der Waals surface area contributed by atoms with E-state index in [-0.39, 0.29) is 12.4 Å². The van der Waals surface area contributed by atoms with Crippen LogP contribution in [0.2, 0.25) is 0 Å². The Bertz CT molecular complexity index is 572. The molecule has 126 valence electrons. The minimum atomic E-state index is -0.102. The molecule has 2 N–H and O–H groups in total. The van der Waals surface area contributed by atoms with Crippen molar-refractivity contribution < 1.29 is 9.47 Å². The van der Waals surface area contributed by atoms with Gasteiger partial charge in [-0.25, -0.2) is 0 Å². The summed E-state index contributed by atoms with van der Waals surface area (Å²) in [5, 5.41) is 0. The molecule has 0 amide bonds. The van der Waals surface area contributed by atoms with Gasteiger partial charge in [0.15, 0.2) is 6.29 Å². The van der Waals surface area contributed by atoms with E-state index in [1.807, 2.05) is 18.2 Å². The van der Waals surface area contributed by atoms with Crippen molar-refractivity contribution in [1.82, 2.24) is 0 Å². The topological polar surface area (TPSA) is 44.5 Å². The lowest BCUT2D eigenvalue weighted by atomic mass is 9.70. The Hall–Kier alpha value is -0.900. The summed E-state index contributed by atoms with van der Waals surface area (Å²) < 4.78 is 12.7. The zero-order valence-corrected chi connectivity index (χ0v) is 14.5. The molecule has 3 aliphatic rings. The summed E-state index contributed by atoms with van der Waals surface area (Å²) >= 11 is 0. The molecule has 0 spiro atoms. The van der Waals surface area contributed by atoms with E-state index >= 15 is 0 Å². The van der Waals surface area contributed by atoms with Gasteiger partial charge in [0.05, 0.1) is 12.2 Å². The zero-order chi connectivity index (χ0) is 16.2. The van der Waals surface area contributed by atoms with Crippen LogP contribution < -0.4 is 5.73 Å². The molecule has 1 aromatic carbocycles. The summed E-state index contributed by atoms with van der Waals surface area (Å²) in [6.45, 7) is 7.80. The third-order valence-electron chi connectivity index (χ3n) is 7.37. The fraction of sp³-hybridized carbons (Fsp3) is 0.700. The highest BCUT2D eigenvalue weighted by molar-refractivity contribution is 5.19. The van der Waals surface area contributed by atoms with E-state index in [2.05, 4.69) is 32.9 Å². The summed E-state index contributed by atoms with van der Waals surface area (Å²) in [6, 6.07) is 10.3. The standard InChI is InChI=1S/C20H29NO2/c1-19(2)15-9-10-20(19,3)18-14(15)11-17(23-18)22-16(12-21)13-7-5-4-6-8-13/h4-8,14-18H,9-12,21H2,1-3H3/t14-,15+,16-,17-,18-,20-/m0/s1. The lowest BCUT2D eigenvalue weighted by Gasteiger charge is -2.39. The normalized spacial score (nSPS) is 41.9. The third kappa shape index (κ3) is 2.13. The van der Waals surface area contributed by atoms with Crippen molar-refractivity contribution in [3.63, 3.8) is 0 Å². The van der Waals surface area contributed by atoms with E-state index in [1.165, 1.54) is 12.8 Å². The molecule has 3 nitrogen and oxygen atoms in total. The van der Waals surface area contributed by atoms with Gasteiger partial charge in [-0.3, -0.25) is 0 Å². The van der Waals surface area contributed by atoms with Crippen LogP contribution in [0.5, 0.6) is 0 Å². The molecule has 0 unspecified atom stereocenters. The third-order valence-corrected chi connectivity index (χ3v) is 7.37. The molecule has 0 aromatic heterocycles. The van der Waals surface area contributed by atoms with Crippen molar-refractivity contribution in [2.24, 2.45) is 28.4 Å². The van der Waals surface area contributed by atoms with Gasteiger partial charge in [-0.2, -0.15) is 0 Å². The van der Waals surface area contributed by atoms with Crippen molar-refractivity contribution in [2.45, 2.75) is 58.5 Å². The van der Waals surface area contributed by atoms with Crippen molar-refractivity contribution in [3.05, 3.63) is 35.9 Å². The highest BCUT2D eigenvalue weighted by atomic mass is 16.7. The number of rotatable bonds is 4. The first-order valence-electron chi connectivity index (χ1n) is 9.03. The quantitative estimate of drug-likeness (QED) is 0.917. The molecule has 1 aromatic rings. The molecule has 4 rings (SSSR count). The van der Waals surface area contributed by atoms with E-state index in [4.69, 9.17) is 15.2 Å². The summed E-state index contributed by atoms with van der Waals surface area (Å²) in [7, 11) is 0. The number of ether oxygens (including phenoxy) is 2. The molecule has 3 heteroatoms. The average Bonchev–Trinajstić information content (AvgIpc) is 3.11. The van der Waals surface area contributed by atoms with Crippen LogP contribution in [-0.2, 0) is 9.47 Å². The first-order valence-corrected chi connectivity index (χ1v) is 9.03. The van der Waals surface area contributed by atoms with Gasteiger partial charge in [-0.1, -0.05) is 51.1 Å². The summed E-state index contributed by atoms with van der Waals surface area (Å²) in [5.74, 6) is 1.43. The van der Waals surface area contributed by atoms with Gasteiger partial charge in [-0.05, 0) is 41.1 Å². The molecule has 2 bridgehead atoms. The Morgan fingerprint density at radius 1 is 1.26 bits per heavy atom. The van der Waals surface area contributed by atoms with Crippen molar-refractivity contribution >= 4 is 0 Å². The van der Waals surface area contributed by atoms with E-state index < -0.39 is 0 Å². The maximum absolute atomic E-state index is 6.43. The number of benzene rings is 1. The van der Waals surface area contributed by atoms with Gasteiger partial charge in [0.2, 0.25) is 0 Å². The molecule has 23 heavy (non-hydrogen) atoms. The minimum absolute atomic E-state index is 0.0708. The monoisotopic (exact) mass is 315 g/mol. The highest BCUT2D eigenvalue weighted by Gasteiger charge is 2.69. The number of nitrogens with two attached hydrogens (primary N) is 1.